The number of hydrogen-bond donors (Lipinski definition) is 2. The average Bonchev–Trinajstić information content (AvgIpc) is 3.20. The van der Waals surface area contributed by atoms with Crippen LogP contribution in [0.5, 0.6) is 0 Å². The number of nitrogens with zero attached hydrogens (tertiary/aromatic N) is 4. The fourth-order valence-electron chi connectivity index (χ4n) is 3.80. The van der Waals surface area contributed by atoms with Gasteiger partial charge in [-0.05, 0) is 18.4 Å². The van der Waals surface area contributed by atoms with Crippen molar-refractivity contribution in [3.8, 4) is 0 Å². The molecule has 1 aliphatic rings. The van der Waals surface area contributed by atoms with Crippen LogP contribution in [0.3, 0.4) is 0 Å². The van der Waals surface area contributed by atoms with E-state index >= 15 is 0 Å². The largest absolute Gasteiger partial charge is 0.379 e. The molecule has 164 valence electrons. The number of aliphatic imine (C=N–C) groups is 1. The maximum atomic E-state index is 5.52. The van der Waals surface area contributed by atoms with Crippen molar-refractivity contribution >= 4 is 5.96 Å². The van der Waals surface area contributed by atoms with E-state index in [1.54, 1.807) is 0 Å². The number of morpholine rings is 1. The average molecular weight is 413 g/mol. The van der Waals surface area contributed by atoms with Crippen molar-refractivity contribution in [2.75, 3.05) is 39.4 Å². The summed E-state index contributed by atoms with van der Waals surface area (Å²) < 4.78 is 7.68. The molecule has 3 rings (SSSR count). The summed E-state index contributed by atoms with van der Waals surface area (Å²) in [4.78, 5) is 11.8. The first-order valence-electron chi connectivity index (χ1n) is 11.0. The van der Waals surface area contributed by atoms with Crippen molar-refractivity contribution in [1.29, 1.82) is 0 Å². The number of imidazole rings is 1. The van der Waals surface area contributed by atoms with Crippen LogP contribution in [0, 0.1) is 5.92 Å². The highest BCUT2D eigenvalue weighted by Crippen LogP contribution is 2.12. The van der Waals surface area contributed by atoms with Gasteiger partial charge in [0.05, 0.1) is 13.2 Å². The molecule has 30 heavy (non-hydrogen) atoms. The Labute approximate surface area is 180 Å². The molecule has 2 N–H and O–H groups in total. The van der Waals surface area contributed by atoms with Gasteiger partial charge in [0.15, 0.2) is 5.96 Å². The molecule has 0 aliphatic carbocycles. The molecule has 2 aromatic rings. The van der Waals surface area contributed by atoms with Gasteiger partial charge in [0.1, 0.15) is 12.4 Å². The molecule has 0 radical (unpaired) electrons. The molecule has 1 saturated heterocycles. The van der Waals surface area contributed by atoms with Crippen LogP contribution in [-0.4, -0.2) is 65.8 Å². The summed E-state index contributed by atoms with van der Waals surface area (Å²) in [5.41, 5.74) is 1.26. The molecule has 0 saturated carbocycles. The van der Waals surface area contributed by atoms with Crippen LogP contribution in [0.4, 0.5) is 0 Å². The molecule has 1 aromatic carbocycles. The Bertz CT molecular complexity index is 767. The maximum absolute atomic E-state index is 5.52. The monoisotopic (exact) mass is 412 g/mol. The third-order valence-electron chi connectivity index (χ3n) is 5.48. The van der Waals surface area contributed by atoms with Gasteiger partial charge in [-0.25, -0.2) is 9.98 Å². The first-order valence-corrected chi connectivity index (χ1v) is 11.0. The van der Waals surface area contributed by atoms with Crippen LogP contribution >= 0.6 is 0 Å². The standard InChI is InChI=1S/C23H36N6O/c1-4-24-23(26-16-21(19(2)3)28-12-14-30-15-13-28)27-17-22-25-10-11-29(22)18-20-8-6-5-7-9-20/h5-11,19,21H,4,12-18H2,1-3H3,(H2,24,26,27). The van der Waals surface area contributed by atoms with Crippen molar-refractivity contribution in [2.45, 2.75) is 39.9 Å². The molecule has 2 heterocycles. The number of ether oxygens (including phenoxy) is 1. The molecule has 7 nitrogen and oxygen atoms in total. The highest BCUT2D eigenvalue weighted by Gasteiger charge is 2.23. The number of guanidine groups is 1. The van der Waals surface area contributed by atoms with E-state index in [4.69, 9.17) is 9.73 Å². The first kappa shape index (κ1) is 22.3. The topological polar surface area (TPSA) is 66.7 Å². The lowest BCUT2D eigenvalue weighted by molar-refractivity contribution is 0.00752. The molecule has 0 bridgehead atoms. The minimum atomic E-state index is 0.456. The Morgan fingerprint density at radius 2 is 1.93 bits per heavy atom. The zero-order chi connectivity index (χ0) is 21.2. The van der Waals surface area contributed by atoms with Crippen LogP contribution < -0.4 is 10.6 Å². The van der Waals surface area contributed by atoms with E-state index in [9.17, 15) is 0 Å². The third-order valence-corrected chi connectivity index (χ3v) is 5.48. The quantitative estimate of drug-likeness (QED) is 0.489. The Morgan fingerprint density at radius 3 is 2.63 bits per heavy atom. The zero-order valence-electron chi connectivity index (χ0n) is 18.6. The summed E-state index contributed by atoms with van der Waals surface area (Å²) in [7, 11) is 0. The molecular weight excluding hydrogens is 376 g/mol. The van der Waals surface area contributed by atoms with Gasteiger partial charge in [0.25, 0.3) is 0 Å². The van der Waals surface area contributed by atoms with Crippen LogP contribution in [0.2, 0.25) is 0 Å². The van der Waals surface area contributed by atoms with Crippen molar-refractivity contribution in [1.82, 2.24) is 25.1 Å². The second-order valence-corrected chi connectivity index (χ2v) is 7.99. The first-order chi connectivity index (χ1) is 14.7. The highest BCUT2D eigenvalue weighted by atomic mass is 16.5. The molecule has 1 aromatic heterocycles. The summed E-state index contributed by atoms with van der Waals surface area (Å²) in [5, 5.41) is 6.92. The number of hydrogen-bond acceptors (Lipinski definition) is 4. The normalized spacial score (nSPS) is 16.6. The molecule has 1 aliphatic heterocycles. The number of rotatable bonds is 9. The fourth-order valence-corrected chi connectivity index (χ4v) is 3.80. The Hall–Kier alpha value is -2.38. The van der Waals surface area contributed by atoms with Gasteiger partial charge >= 0.3 is 0 Å². The maximum Gasteiger partial charge on any atom is 0.191 e. The van der Waals surface area contributed by atoms with Gasteiger partial charge in [-0.3, -0.25) is 4.90 Å². The lowest BCUT2D eigenvalue weighted by Crippen LogP contribution is -2.52. The van der Waals surface area contributed by atoms with Crippen molar-refractivity contribution in [3.05, 3.63) is 54.1 Å². The van der Waals surface area contributed by atoms with Crippen LogP contribution in [0.25, 0.3) is 0 Å². The molecule has 7 heteroatoms. The van der Waals surface area contributed by atoms with E-state index in [1.165, 1.54) is 5.56 Å². The van der Waals surface area contributed by atoms with Gasteiger partial charge in [0.2, 0.25) is 0 Å². The van der Waals surface area contributed by atoms with Crippen LogP contribution in [0.1, 0.15) is 32.2 Å². The van der Waals surface area contributed by atoms with E-state index in [-0.39, 0.29) is 0 Å². The minimum absolute atomic E-state index is 0.456. The van der Waals surface area contributed by atoms with Gasteiger partial charge in [-0.2, -0.15) is 0 Å². The molecular formula is C23H36N6O. The fraction of sp³-hybridized carbons (Fsp3) is 0.565. The van der Waals surface area contributed by atoms with Gasteiger partial charge < -0.3 is 19.9 Å². The highest BCUT2D eigenvalue weighted by molar-refractivity contribution is 5.79. The summed E-state index contributed by atoms with van der Waals surface area (Å²) in [6.07, 6.45) is 3.87. The second-order valence-electron chi connectivity index (χ2n) is 7.99. The summed E-state index contributed by atoms with van der Waals surface area (Å²) in [6.45, 7) is 13.3. The van der Waals surface area contributed by atoms with Gasteiger partial charge in [-0.15, -0.1) is 0 Å². The predicted molar refractivity (Wildman–Crippen MR) is 122 cm³/mol. The number of nitrogens with one attached hydrogen (secondary N) is 2. The summed E-state index contributed by atoms with van der Waals surface area (Å²) in [5.74, 6) is 2.36. The molecule has 0 amide bonds. The minimum Gasteiger partial charge on any atom is -0.379 e. The third kappa shape index (κ3) is 6.57. The lowest BCUT2D eigenvalue weighted by atomic mass is 10.0. The van der Waals surface area contributed by atoms with E-state index in [0.29, 0.717) is 18.5 Å². The number of aromatic nitrogens is 2. The van der Waals surface area contributed by atoms with Gasteiger partial charge in [0, 0.05) is 51.2 Å². The Balaban J connectivity index is 1.61. The van der Waals surface area contributed by atoms with E-state index in [2.05, 4.69) is 70.1 Å². The SMILES string of the molecule is CCNC(=NCc1nccn1Cc1ccccc1)NCC(C(C)C)N1CCOCC1. The second kappa shape index (κ2) is 11.7. The molecule has 1 fully saturated rings. The van der Waals surface area contributed by atoms with E-state index in [1.807, 2.05) is 18.5 Å². The van der Waals surface area contributed by atoms with E-state index < -0.39 is 0 Å². The molecule has 1 unspecified atom stereocenters. The van der Waals surface area contributed by atoms with Gasteiger partial charge in [-0.1, -0.05) is 44.2 Å². The Morgan fingerprint density at radius 1 is 1.17 bits per heavy atom. The van der Waals surface area contributed by atoms with Crippen LogP contribution in [0.15, 0.2) is 47.7 Å². The zero-order valence-corrected chi connectivity index (χ0v) is 18.6. The number of benzene rings is 1. The predicted octanol–water partition coefficient (Wildman–Crippen LogP) is 2.34. The van der Waals surface area contributed by atoms with Crippen molar-refractivity contribution in [3.63, 3.8) is 0 Å². The van der Waals surface area contributed by atoms with Crippen molar-refractivity contribution in [2.24, 2.45) is 10.9 Å². The van der Waals surface area contributed by atoms with Crippen LogP contribution in [-0.2, 0) is 17.8 Å². The molecule has 0 spiro atoms. The molecule has 1 atom stereocenters. The lowest BCUT2D eigenvalue weighted by Gasteiger charge is -2.37. The smallest absolute Gasteiger partial charge is 0.191 e. The summed E-state index contributed by atoms with van der Waals surface area (Å²) in [6, 6.07) is 10.9. The van der Waals surface area contributed by atoms with Crippen molar-refractivity contribution < 1.29 is 4.74 Å². The van der Waals surface area contributed by atoms with E-state index in [0.717, 1.165) is 57.7 Å². The summed E-state index contributed by atoms with van der Waals surface area (Å²) >= 11 is 0. The Kier molecular flexibility index (Phi) is 8.71.